The van der Waals surface area contributed by atoms with Crippen LogP contribution in [0.2, 0.25) is 0 Å². The number of benzene rings is 3. The highest BCUT2D eigenvalue weighted by Crippen LogP contribution is 2.20. The Morgan fingerprint density at radius 3 is 2.20 bits per heavy atom. The molecule has 152 valence electrons. The van der Waals surface area contributed by atoms with Crippen molar-refractivity contribution in [3.8, 4) is 5.75 Å². The summed E-state index contributed by atoms with van der Waals surface area (Å²) in [5.74, 6) is 0.437. The summed E-state index contributed by atoms with van der Waals surface area (Å²) in [6.07, 6.45) is 3.15. The van der Waals surface area contributed by atoms with E-state index in [0.29, 0.717) is 23.7 Å². The van der Waals surface area contributed by atoms with Gasteiger partial charge in [0.05, 0.1) is 6.61 Å². The topological polar surface area (TPSA) is 79.5 Å². The lowest BCUT2D eigenvalue weighted by atomic mass is 10.2. The van der Waals surface area contributed by atoms with Crippen LogP contribution < -0.4 is 20.7 Å². The Labute approximate surface area is 175 Å². The fourth-order valence-electron chi connectivity index (χ4n) is 2.74. The molecule has 3 rings (SSSR count). The Hall–Kier alpha value is -4.06. The van der Waals surface area contributed by atoms with E-state index < -0.39 is 0 Å². The third-order valence-corrected chi connectivity index (χ3v) is 4.05. The zero-order chi connectivity index (χ0) is 21.2. The number of nitrogens with one attached hydrogen (secondary N) is 3. The molecule has 30 heavy (non-hydrogen) atoms. The number of anilines is 3. The van der Waals surface area contributed by atoms with E-state index in [1.165, 1.54) is 6.08 Å². The van der Waals surface area contributed by atoms with Gasteiger partial charge in [0.2, 0.25) is 5.91 Å². The van der Waals surface area contributed by atoms with E-state index in [9.17, 15) is 9.59 Å². The first-order valence-electron chi connectivity index (χ1n) is 9.58. The Bertz CT molecular complexity index is 1030. The molecule has 0 aliphatic rings. The van der Waals surface area contributed by atoms with Crippen LogP contribution in [-0.2, 0) is 4.79 Å². The summed E-state index contributed by atoms with van der Waals surface area (Å²) in [7, 11) is 0. The van der Waals surface area contributed by atoms with Crippen molar-refractivity contribution in [2.24, 2.45) is 0 Å². The van der Waals surface area contributed by atoms with Crippen LogP contribution >= 0.6 is 0 Å². The SMILES string of the molecule is CCOc1ccccc1C=CC(=O)Nc1cccc(NC(=O)Nc2ccccc2)c1. The first-order chi connectivity index (χ1) is 14.6. The number of rotatable bonds is 7. The van der Waals surface area contributed by atoms with Crippen LogP contribution in [-0.4, -0.2) is 18.5 Å². The molecule has 3 amide bonds. The van der Waals surface area contributed by atoms with Gasteiger partial charge in [0.1, 0.15) is 5.75 Å². The van der Waals surface area contributed by atoms with Gasteiger partial charge >= 0.3 is 6.03 Å². The molecule has 0 radical (unpaired) electrons. The molecule has 0 fully saturated rings. The number of hydrogen-bond donors (Lipinski definition) is 3. The first-order valence-corrected chi connectivity index (χ1v) is 9.58. The van der Waals surface area contributed by atoms with Crippen LogP contribution in [0, 0.1) is 0 Å². The number of para-hydroxylation sites is 2. The summed E-state index contributed by atoms with van der Waals surface area (Å²) in [6.45, 7) is 2.46. The van der Waals surface area contributed by atoms with E-state index in [-0.39, 0.29) is 11.9 Å². The van der Waals surface area contributed by atoms with Gasteiger partial charge in [-0.15, -0.1) is 0 Å². The standard InChI is InChI=1S/C24H23N3O3/c1-2-30-22-14-7-6-9-18(22)15-16-23(28)25-20-12-8-13-21(17-20)27-24(29)26-19-10-4-3-5-11-19/h3-17H,2H2,1H3,(H,25,28)(H2,26,27,29). The van der Waals surface area contributed by atoms with Crippen molar-refractivity contribution in [2.45, 2.75) is 6.92 Å². The van der Waals surface area contributed by atoms with Gasteiger partial charge in [-0.05, 0) is 49.4 Å². The third-order valence-electron chi connectivity index (χ3n) is 4.05. The number of carbonyl (C=O) groups is 2. The van der Waals surface area contributed by atoms with Crippen LogP contribution in [0.4, 0.5) is 21.9 Å². The minimum atomic E-state index is -0.364. The maximum atomic E-state index is 12.3. The zero-order valence-corrected chi connectivity index (χ0v) is 16.6. The fraction of sp³-hybridized carbons (Fsp3) is 0.0833. The minimum absolute atomic E-state index is 0.285. The van der Waals surface area contributed by atoms with Gasteiger partial charge in [0.25, 0.3) is 0 Å². The summed E-state index contributed by atoms with van der Waals surface area (Å²) in [6, 6.07) is 23.2. The van der Waals surface area contributed by atoms with E-state index in [4.69, 9.17) is 4.74 Å². The molecule has 0 saturated carbocycles. The van der Waals surface area contributed by atoms with E-state index in [1.54, 1.807) is 42.5 Å². The van der Waals surface area contributed by atoms with Crippen LogP contribution in [0.1, 0.15) is 12.5 Å². The van der Waals surface area contributed by atoms with Crippen molar-refractivity contribution in [3.63, 3.8) is 0 Å². The predicted molar refractivity (Wildman–Crippen MR) is 121 cm³/mol. The van der Waals surface area contributed by atoms with Gasteiger partial charge in [0.15, 0.2) is 0 Å². The molecule has 0 aromatic heterocycles. The highest BCUT2D eigenvalue weighted by Gasteiger charge is 2.05. The summed E-state index contributed by atoms with van der Waals surface area (Å²) in [4.78, 5) is 24.4. The van der Waals surface area contributed by atoms with Crippen molar-refractivity contribution in [1.29, 1.82) is 0 Å². The average molecular weight is 401 g/mol. The van der Waals surface area contributed by atoms with Crippen molar-refractivity contribution < 1.29 is 14.3 Å². The molecule has 3 aromatic carbocycles. The van der Waals surface area contributed by atoms with Crippen LogP contribution in [0.5, 0.6) is 5.75 Å². The number of ether oxygens (including phenoxy) is 1. The summed E-state index contributed by atoms with van der Waals surface area (Å²) < 4.78 is 5.55. The molecule has 6 heteroatoms. The van der Waals surface area contributed by atoms with Gasteiger partial charge in [-0.3, -0.25) is 4.79 Å². The summed E-state index contributed by atoms with van der Waals surface area (Å²) >= 11 is 0. The van der Waals surface area contributed by atoms with Crippen LogP contribution in [0.25, 0.3) is 6.08 Å². The second kappa shape index (κ2) is 10.5. The maximum absolute atomic E-state index is 12.3. The number of urea groups is 1. The summed E-state index contributed by atoms with van der Waals surface area (Å²) in [5.41, 5.74) is 2.64. The number of amides is 3. The molecule has 3 N–H and O–H groups in total. The Kier molecular flexibility index (Phi) is 7.22. The fourth-order valence-corrected chi connectivity index (χ4v) is 2.74. The number of hydrogen-bond acceptors (Lipinski definition) is 3. The quantitative estimate of drug-likeness (QED) is 0.465. The molecule has 0 saturated heterocycles. The molecule has 0 unspecified atom stereocenters. The maximum Gasteiger partial charge on any atom is 0.323 e. The molecule has 0 atom stereocenters. The van der Waals surface area contributed by atoms with Gasteiger partial charge in [-0.2, -0.15) is 0 Å². The highest BCUT2D eigenvalue weighted by atomic mass is 16.5. The predicted octanol–water partition coefficient (Wildman–Crippen LogP) is 5.38. The Morgan fingerprint density at radius 1 is 0.800 bits per heavy atom. The van der Waals surface area contributed by atoms with Gasteiger partial charge < -0.3 is 20.7 Å². The smallest absolute Gasteiger partial charge is 0.323 e. The Balaban J connectivity index is 1.59. The van der Waals surface area contributed by atoms with Crippen molar-refractivity contribution in [1.82, 2.24) is 0 Å². The van der Waals surface area contributed by atoms with Gasteiger partial charge in [-0.1, -0.05) is 42.5 Å². The molecule has 0 spiro atoms. The van der Waals surface area contributed by atoms with Crippen molar-refractivity contribution in [3.05, 3.63) is 90.5 Å². The molecule has 0 bridgehead atoms. The molecule has 0 aliphatic carbocycles. The second-order valence-electron chi connectivity index (χ2n) is 6.32. The normalized spacial score (nSPS) is 10.4. The van der Waals surface area contributed by atoms with Crippen molar-refractivity contribution >= 4 is 35.1 Å². The molecule has 0 heterocycles. The largest absolute Gasteiger partial charge is 0.493 e. The second-order valence-corrected chi connectivity index (χ2v) is 6.32. The Morgan fingerprint density at radius 2 is 1.43 bits per heavy atom. The first kappa shape index (κ1) is 20.7. The van der Waals surface area contributed by atoms with Crippen molar-refractivity contribution in [2.75, 3.05) is 22.6 Å². The lowest BCUT2D eigenvalue weighted by Gasteiger charge is -2.09. The van der Waals surface area contributed by atoms with Crippen LogP contribution in [0.15, 0.2) is 84.9 Å². The van der Waals surface area contributed by atoms with Gasteiger partial charge in [0, 0.05) is 28.7 Å². The highest BCUT2D eigenvalue weighted by molar-refractivity contribution is 6.03. The monoisotopic (exact) mass is 401 g/mol. The van der Waals surface area contributed by atoms with E-state index in [1.807, 2.05) is 49.4 Å². The number of carbonyl (C=O) groups excluding carboxylic acids is 2. The van der Waals surface area contributed by atoms with E-state index in [2.05, 4.69) is 16.0 Å². The molecule has 3 aromatic rings. The average Bonchev–Trinajstić information content (AvgIpc) is 2.74. The van der Waals surface area contributed by atoms with Crippen LogP contribution in [0.3, 0.4) is 0 Å². The minimum Gasteiger partial charge on any atom is -0.493 e. The molecule has 0 aliphatic heterocycles. The molecular formula is C24H23N3O3. The van der Waals surface area contributed by atoms with E-state index in [0.717, 1.165) is 11.3 Å². The lowest BCUT2D eigenvalue weighted by molar-refractivity contribution is -0.111. The van der Waals surface area contributed by atoms with Gasteiger partial charge in [-0.25, -0.2) is 4.79 Å². The zero-order valence-electron chi connectivity index (χ0n) is 16.6. The summed E-state index contributed by atoms with van der Waals surface area (Å²) in [5, 5.41) is 8.28. The molecular weight excluding hydrogens is 378 g/mol. The molecule has 6 nitrogen and oxygen atoms in total. The lowest BCUT2D eigenvalue weighted by Crippen LogP contribution is -2.19. The third kappa shape index (κ3) is 6.24. The van der Waals surface area contributed by atoms with E-state index >= 15 is 0 Å².